The predicted octanol–water partition coefficient (Wildman–Crippen LogP) is 5.91. The second-order valence-electron chi connectivity index (χ2n) is 7.88. The van der Waals surface area contributed by atoms with Crippen LogP contribution in [0.5, 0.6) is 0 Å². The van der Waals surface area contributed by atoms with Gasteiger partial charge >= 0.3 is 0 Å². The summed E-state index contributed by atoms with van der Waals surface area (Å²) in [6.07, 6.45) is 0. The molecule has 158 valence electrons. The van der Waals surface area contributed by atoms with Gasteiger partial charge in [-0.05, 0) is 91.3 Å². The van der Waals surface area contributed by atoms with Crippen LogP contribution in [0.3, 0.4) is 0 Å². The second-order valence-corrected chi connectivity index (χ2v) is 9.30. The molecular weight excluding hydrogens is 422 g/mol. The first-order valence-corrected chi connectivity index (χ1v) is 11.5. The van der Waals surface area contributed by atoms with Gasteiger partial charge in [0.2, 0.25) is 0 Å². The van der Waals surface area contributed by atoms with Crippen LogP contribution in [0.1, 0.15) is 27.1 Å². The molecule has 0 atom stereocenters. The fourth-order valence-corrected chi connectivity index (χ4v) is 4.44. The summed E-state index contributed by atoms with van der Waals surface area (Å²) >= 11 is 7.43. The Hall–Kier alpha value is -2.96. The highest BCUT2D eigenvalue weighted by molar-refractivity contribution is 7.80. The van der Waals surface area contributed by atoms with E-state index in [0.717, 1.165) is 16.6 Å². The lowest BCUT2D eigenvalue weighted by atomic mass is 10.0. The number of fused-ring (bicyclic) bond motifs is 1. The minimum Gasteiger partial charge on any atom is -0.339 e. The number of pyridine rings is 1. The van der Waals surface area contributed by atoms with E-state index in [-0.39, 0.29) is 5.56 Å². The van der Waals surface area contributed by atoms with Crippen molar-refractivity contribution in [1.29, 1.82) is 0 Å². The lowest BCUT2D eigenvalue weighted by molar-refractivity contribution is 0.415. The molecule has 4 nitrogen and oxygen atoms in total. The van der Waals surface area contributed by atoms with Crippen LogP contribution >= 0.6 is 23.6 Å². The first kappa shape index (κ1) is 21.3. The van der Waals surface area contributed by atoms with Crippen LogP contribution in [-0.2, 0) is 13.1 Å². The topological polar surface area (TPSA) is 48.1 Å². The van der Waals surface area contributed by atoms with Gasteiger partial charge in [0.1, 0.15) is 0 Å². The number of nitrogens with one attached hydrogen (secondary N) is 2. The second kappa shape index (κ2) is 9.04. The monoisotopic (exact) mass is 447 g/mol. The third-order valence-electron chi connectivity index (χ3n) is 5.41. The van der Waals surface area contributed by atoms with Crippen molar-refractivity contribution in [3.05, 3.63) is 97.5 Å². The maximum Gasteiger partial charge on any atom is 0.253 e. The molecule has 0 saturated heterocycles. The Morgan fingerprint density at radius 1 is 1.03 bits per heavy atom. The summed E-state index contributed by atoms with van der Waals surface area (Å²) in [5.41, 5.74) is 5.98. The summed E-state index contributed by atoms with van der Waals surface area (Å²) in [6, 6.07) is 18.4. The molecule has 2 aromatic heterocycles. The van der Waals surface area contributed by atoms with E-state index in [1.807, 2.05) is 47.4 Å². The van der Waals surface area contributed by atoms with Crippen LogP contribution in [0.15, 0.2) is 64.8 Å². The molecule has 0 radical (unpaired) electrons. The first-order valence-electron chi connectivity index (χ1n) is 10.2. The first-order chi connectivity index (χ1) is 14.9. The number of H-pyrrole nitrogens is 1. The number of anilines is 1. The fraction of sp³-hybridized carbons (Fsp3) is 0.200. The molecule has 4 rings (SSSR count). The van der Waals surface area contributed by atoms with Crippen molar-refractivity contribution < 1.29 is 0 Å². The van der Waals surface area contributed by atoms with E-state index >= 15 is 0 Å². The zero-order valence-corrected chi connectivity index (χ0v) is 19.5. The Morgan fingerprint density at radius 2 is 1.77 bits per heavy atom. The van der Waals surface area contributed by atoms with Crippen LogP contribution < -0.4 is 10.9 Å². The molecule has 4 aromatic rings. The number of aromatic nitrogens is 1. The Morgan fingerprint density at radius 3 is 2.48 bits per heavy atom. The maximum atomic E-state index is 12.8. The minimum absolute atomic E-state index is 0.0786. The summed E-state index contributed by atoms with van der Waals surface area (Å²) < 4.78 is 0. The smallest absolute Gasteiger partial charge is 0.253 e. The maximum absolute atomic E-state index is 12.8. The molecule has 2 heterocycles. The number of aromatic amines is 1. The highest BCUT2D eigenvalue weighted by Gasteiger charge is 2.15. The van der Waals surface area contributed by atoms with E-state index in [9.17, 15) is 4.79 Å². The van der Waals surface area contributed by atoms with Gasteiger partial charge in [-0.25, -0.2) is 0 Å². The summed E-state index contributed by atoms with van der Waals surface area (Å²) in [7, 11) is 0. The van der Waals surface area contributed by atoms with Crippen molar-refractivity contribution >= 4 is 45.3 Å². The number of hydrogen-bond donors (Lipinski definition) is 2. The van der Waals surface area contributed by atoms with Crippen molar-refractivity contribution in [3.8, 4) is 0 Å². The molecule has 6 heteroatoms. The molecule has 0 saturated carbocycles. The summed E-state index contributed by atoms with van der Waals surface area (Å²) in [5, 5.41) is 7.01. The number of thiocarbonyl (C=S) groups is 1. The fourth-order valence-electron chi connectivity index (χ4n) is 3.47. The minimum atomic E-state index is -0.0786. The summed E-state index contributed by atoms with van der Waals surface area (Å²) in [6.45, 7) is 7.26. The molecular formula is C25H25N3OS2. The molecule has 2 aromatic carbocycles. The molecule has 0 aliphatic carbocycles. The van der Waals surface area contributed by atoms with Crippen molar-refractivity contribution in [3.63, 3.8) is 0 Å². The van der Waals surface area contributed by atoms with Gasteiger partial charge in [-0.3, -0.25) is 4.79 Å². The Labute approximate surface area is 191 Å². The van der Waals surface area contributed by atoms with Crippen molar-refractivity contribution in [2.24, 2.45) is 0 Å². The molecule has 0 bridgehead atoms. The van der Waals surface area contributed by atoms with Crippen molar-refractivity contribution in [2.75, 3.05) is 5.32 Å². The third-order valence-corrected chi connectivity index (χ3v) is 6.63. The predicted molar refractivity (Wildman–Crippen MR) is 135 cm³/mol. The highest BCUT2D eigenvalue weighted by atomic mass is 32.1. The Kier molecular flexibility index (Phi) is 6.20. The van der Waals surface area contributed by atoms with Crippen molar-refractivity contribution in [1.82, 2.24) is 9.88 Å². The van der Waals surface area contributed by atoms with Crippen LogP contribution in [0.25, 0.3) is 10.9 Å². The molecule has 2 N–H and O–H groups in total. The molecule has 0 spiro atoms. The van der Waals surface area contributed by atoms with Gasteiger partial charge in [-0.1, -0.05) is 23.8 Å². The molecule has 31 heavy (non-hydrogen) atoms. The number of rotatable bonds is 5. The van der Waals surface area contributed by atoms with Crippen LogP contribution in [0.2, 0.25) is 0 Å². The number of nitrogens with zero attached hydrogens (tertiary/aromatic N) is 1. The van der Waals surface area contributed by atoms with E-state index in [0.29, 0.717) is 23.8 Å². The largest absolute Gasteiger partial charge is 0.339 e. The van der Waals surface area contributed by atoms with Gasteiger partial charge in [0.15, 0.2) is 5.11 Å². The van der Waals surface area contributed by atoms with Crippen LogP contribution in [0, 0.1) is 20.8 Å². The average molecular weight is 448 g/mol. The van der Waals surface area contributed by atoms with Gasteiger partial charge in [-0.2, -0.15) is 0 Å². The molecule has 0 unspecified atom stereocenters. The zero-order chi connectivity index (χ0) is 22.0. The van der Waals surface area contributed by atoms with Gasteiger partial charge in [0.25, 0.3) is 5.56 Å². The molecule has 0 amide bonds. The van der Waals surface area contributed by atoms with Crippen LogP contribution in [0.4, 0.5) is 5.69 Å². The number of thiophene rings is 1. The van der Waals surface area contributed by atoms with Crippen LogP contribution in [-0.4, -0.2) is 15.0 Å². The zero-order valence-electron chi connectivity index (χ0n) is 17.9. The SMILES string of the molecule is Cc1ccc(NC(=S)N(Cc2cccs2)Cc2cc3cc(C)c(C)cc3[nH]c2=O)cc1. The Bertz CT molecular complexity index is 1270. The summed E-state index contributed by atoms with van der Waals surface area (Å²) in [4.78, 5) is 19.1. The summed E-state index contributed by atoms with van der Waals surface area (Å²) in [5.74, 6) is 0. The normalized spacial score (nSPS) is 10.9. The standard InChI is InChI=1S/C25H25N3OS2/c1-16-6-8-21(9-7-16)26-25(30)28(15-22-5-4-10-31-22)14-20-13-19-11-17(2)18(3)12-23(19)27-24(20)29/h4-13H,14-15H2,1-3H3,(H,26,30)(H,27,29). The number of hydrogen-bond acceptors (Lipinski definition) is 3. The highest BCUT2D eigenvalue weighted by Crippen LogP contribution is 2.20. The van der Waals surface area contributed by atoms with Gasteiger partial charge in [0, 0.05) is 21.6 Å². The van der Waals surface area contributed by atoms with E-state index < -0.39 is 0 Å². The number of benzene rings is 2. The average Bonchev–Trinajstić information content (AvgIpc) is 3.24. The molecule has 0 fully saturated rings. The van der Waals surface area contributed by atoms with E-state index in [4.69, 9.17) is 12.2 Å². The molecule has 0 aliphatic rings. The lowest BCUT2D eigenvalue weighted by Crippen LogP contribution is -2.35. The molecule has 0 aliphatic heterocycles. The lowest BCUT2D eigenvalue weighted by Gasteiger charge is -2.25. The van der Waals surface area contributed by atoms with Gasteiger partial charge in [0.05, 0.1) is 13.1 Å². The van der Waals surface area contributed by atoms with E-state index in [1.54, 1.807) is 11.3 Å². The van der Waals surface area contributed by atoms with E-state index in [1.165, 1.54) is 21.6 Å². The van der Waals surface area contributed by atoms with Gasteiger partial charge < -0.3 is 15.2 Å². The third kappa shape index (κ3) is 5.03. The number of aryl methyl sites for hydroxylation is 3. The van der Waals surface area contributed by atoms with Gasteiger partial charge in [-0.15, -0.1) is 11.3 Å². The quantitative estimate of drug-likeness (QED) is 0.373. The van der Waals surface area contributed by atoms with E-state index in [2.05, 4.69) is 48.6 Å². The Balaban J connectivity index is 1.64. The van der Waals surface area contributed by atoms with Crippen molar-refractivity contribution in [2.45, 2.75) is 33.9 Å².